The average Bonchev–Trinajstić information content (AvgIpc) is 3.19. The van der Waals surface area contributed by atoms with Gasteiger partial charge in [-0.25, -0.2) is 0 Å². The molecule has 0 radical (unpaired) electrons. The summed E-state index contributed by atoms with van der Waals surface area (Å²) in [4.78, 5) is 15.5. The second kappa shape index (κ2) is 12.8. The van der Waals surface area contributed by atoms with Crippen LogP contribution < -0.4 is 29.7 Å². The van der Waals surface area contributed by atoms with Gasteiger partial charge in [-0.3, -0.25) is 4.79 Å². The molecule has 2 aliphatic rings. The van der Waals surface area contributed by atoms with Crippen molar-refractivity contribution in [2.75, 3.05) is 62.2 Å². The highest BCUT2D eigenvalue weighted by atomic mass is 16.5. The van der Waals surface area contributed by atoms with E-state index in [4.69, 9.17) is 24.2 Å². The van der Waals surface area contributed by atoms with Crippen LogP contribution in [-0.2, 0) is 11.2 Å². The van der Waals surface area contributed by atoms with E-state index in [-0.39, 0.29) is 12.5 Å². The number of carbonyl (C=O) groups is 1. The summed E-state index contributed by atoms with van der Waals surface area (Å²) in [6.07, 6.45) is 0.696. The molecule has 6 rings (SSSR count). The quantitative estimate of drug-likeness (QED) is 0.249. The van der Waals surface area contributed by atoms with Gasteiger partial charge in [-0.2, -0.15) is 5.26 Å². The molecule has 43 heavy (non-hydrogen) atoms. The van der Waals surface area contributed by atoms with Crippen molar-refractivity contribution in [1.82, 2.24) is 0 Å². The summed E-state index contributed by atoms with van der Waals surface area (Å²) < 4.78 is 22.4. The van der Waals surface area contributed by atoms with Crippen molar-refractivity contribution in [3.63, 3.8) is 0 Å². The Hall–Kier alpha value is -5.20. The van der Waals surface area contributed by atoms with Crippen LogP contribution in [0.5, 0.6) is 17.2 Å². The van der Waals surface area contributed by atoms with E-state index in [2.05, 4.69) is 27.7 Å². The molecule has 2 N–H and O–H groups in total. The van der Waals surface area contributed by atoms with Crippen LogP contribution in [0.25, 0.3) is 11.1 Å². The number of morpholine rings is 1. The minimum atomic E-state index is -0.181. The monoisotopic (exact) mass is 576 g/mol. The van der Waals surface area contributed by atoms with Crippen LogP contribution >= 0.6 is 0 Å². The predicted octanol–water partition coefficient (Wildman–Crippen LogP) is 6.03. The van der Waals surface area contributed by atoms with Gasteiger partial charge in [0.15, 0.2) is 18.1 Å². The molecular formula is C34H32N4O5. The Labute approximate surface area is 250 Å². The van der Waals surface area contributed by atoms with Gasteiger partial charge in [-0.1, -0.05) is 18.2 Å². The Kier molecular flexibility index (Phi) is 8.29. The zero-order valence-electron chi connectivity index (χ0n) is 23.9. The van der Waals surface area contributed by atoms with Gasteiger partial charge in [0, 0.05) is 25.2 Å². The molecule has 2 heterocycles. The molecule has 0 unspecified atom stereocenters. The predicted molar refractivity (Wildman–Crippen MR) is 166 cm³/mol. The van der Waals surface area contributed by atoms with Crippen molar-refractivity contribution in [2.24, 2.45) is 0 Å². The molecule has 1 saturated heterocycles. The molecule has 0 aliphatic carbocycles. The van der Waals surface area contributed by atoms with Crippen LogP contribution in [-0.4, -0.2) is 52.5 Å². The molecule has 0 saturated carbocycles. The molecule has 1 fully saturated rings. The minimum absolute atomic E-state index is 0.0642. The number of nitrogens with one attached hydrogen (secondary N) is 2. The molecular weight excluding hydrogens is 544 g/mol. The Morgan fingerprint density at radius 3 is 2.42 bits per heavy atom. The second-order valence-electron chi connectivity index (χ2n) is 10.2. The van der Waals surface area contributed by atoms with Crippen molar-refractivity contribution in [3.8, 4) is 34.4 Å². The molecule has 2 aliphatic heterocycles. The van der Waals surface area contributed by atoms with Crippen LogP contribution in [0, 0.1) is 11.3 Å². The summed E-state index contributed by atoms with van der Waals surface area (Å²) in [5, 5.41) is 15.3. The molecule has 0 atom stereocenters. The Balaban J connectivity index is 1.12. The second-order valence-corrected chi connectivity index (χ2v) is 10.2. The number of nitrogens with zero attached hydrogens (tertiary/aromatic N) is 2. The first-order chi connectivity index (χ1) is 21.1. The summed E-state index contributed by atoms with van der Waals surface area (Å²) in [7, 11) is 1.56. The maximum atomic E-state index is 13.2. The number of ether oxygens (including phenoxy) is 4. The number of hydrogen-bond acceptors (Lipinski definition) is 8. The van der Waals surface area contributed by atoms with E-state index in [1.54, 1.807) is 13.2 Å². The van der Waals surface area contributed by atoms with Crippen molar-refractivity contribution in [2.45, 2.75) is 6.42 Å². The molecule has 9 nitrogen and oxygen atoms in total. The highest BCUT2D eigenvalue weighted by Gasteiger charge is 2.20. The standard InChI is InChI=1S/C34H32N4O5/c1-40-33-22-25(4-11-32(33)43-17-13-35)24-3-9-28-30(21-24)36-29-10-2-23(20-31(29)37-34(28)39)12-16-42-27-7-5-26(6-8-27)38-14-18-41-19-15-38/h2-11,20-22,36H,12,14-19H2,1H3,(H,37,39). The first-order valence-electron chi connectivity index (χ1n) is 14.2. The number of methoxy groups -OCH3 is 1. The maximum Gasteiger partial charge on any atom is 0.257 e. The number of amides is 1. The third-order valence-corrected chi connectivity index (χ3v) is 7.53. The van der Waals surface area contributed by atoms with Crippen LogP contribution in [0.1, 0.15) is 15.9 Å². The normalized spacial score (nSPS) is 13.9. The van der Waals surface area contributed by atoms with Gasteiger partial charge in [-0.15, -0.1) is 0 Å². The summed E-state index contributed by atoms with van der Waals surface area (Å²) in [6.45, 7) is 3.78. The first kappa shape index (κ1) is 27.9. The average molecular weight is 577 g/mol. The van der Waals surface area contributed by atoms with Crippen LogP contribution in [0.15, 0.2) is 78.9 Å². The molecule has 9 heteroatoms. The SMILES string of the molecule is COc1cc(-c2ccc3c(c2)Nc2ccc(CCOc4ccc(N5CCOCC5)cc4)cc2NC3=O)ccc1OCC#N. The van der Waals surface area contributed by atoms with Gasteiger partial charge in [0.05, 0.1) is 49.6 Å². The Morgan fingerprint density at radius 1 is 0.837 bits per heavy atom. The number of anilines is 4. The minimum Gasteiger partial charge on any atom is -0.493 e. The first-order valence-corrected chi connectivity index (χ1v) is 14.2. The van der Waals surface area contributed by atoms with Crippen molar-refractivity contribution < 1.29 is 23.7 Å². The van der Waals surface area contributed by atoms with E-state index in [0.717, 1.165) is 60.1 Å². The third kappa shape index (κ3) is 6.35. The fraction of sp³-hybridized carbons (Fsp3) is 0.235. The lowest BCUT2D eigenvalue weighted by Gasteiger charge is -2.28. The number of hydrogen-bond donors (Lipinski definition) is 2. The summed E-state index contributed by atoms with van der Waals surface area (Å²) >= 11 is 0. The van der Waals surface area contributed by atoms with E-state index in [1.165, 1.54) is 5.69 Å². The third-order valence-electron chi connectivity index (χ3n) is 7.53. The molecule has 0 aromatic heterocycles. The maximum absolute atomic E-state index is 13.2. The summed E-state index contributed by atoms with van der Waals surface area (Å²) in [5.74, 6) is 1.67. The zero-order chi connectivity index (χ0) is 29.6. The van der Waals surface area contributed by atoms with Crippen LogP contribution in [0.4, 0.5) is 22.7 Å². The number of benzene rings is 4. The summed E-state index contributed by atoms with van der Waals surface area (Å²) in [6, 6.07) is 27.3. The van der Waals surface area contributed by atoms with Crippen LogP contribution in [0.2, 0.25) is 0 Å². The molecule has 0 spiro atoms. The highest BCUT2D eigenvalue weighted by molar-refractivity contribution is 6.12. The van der Waals surface area contributed by atoms with Crippen molar-refractivity contribution in [1.29, 1.82) is 5.26 Å². The summed E-state index contributed by atoms with van der Waals surface area (Å²) in [5.41, 5.74) is 6.81. The lowest BCUT2D eigenvalue weighted by molar-refractivity contribution is 0.102. The van der Waals surface area contributed by atoms with E-state index in [9.17, 15) is 4.79 Å². The largest absolute Gasteiger partial charge is 0.493 e. The van der Waals surface area contributed by atoms with E-state index in [0.29, 0.717) is 35.8 Å². The van der Waals surface area contributed by atoms with E-state index >= 15 is 0 Å². The van der Waals surface area contributed by atoms with Gasteiger partial charge in [0.1, 0.15) is 11.8 Å². The molecule has 4 aromatic rings. The number of fused-ring (bicyclic) bond motifs is 2. The van der Waals surface area contributed by atoms with E-state index in [1.807, 2.05) is 66.7 Å². The van der Waals surface area contributed by atoms with Gasteiger partial charge in [-0.05, 0) is 77.4 Å². The fourth-order valence-electron chi connectivity index (χ4n) is 5.26. The zero-order valence-corrected chi connectivity index (χ0v) is 23.9. The number of rotatable bonds is 9. The smallest absolute Gasteiger partial charge is 0.257 e. The Morgan fingerprint density at radius 2 is 1.63 bits per heavy atom. The number of nitriles is 1. The van der Waals surface area contributed by atoms with E-state index < -0.39 is 0 Å². The van der Waals surface area contributed by atoms with Gasteiger partial charge in [0.25, 0.3) is 5.91 Å². The molecule has 218 valence electrons. The molecule has 1 amide bonds. The van der Waals surface area contributed by atoms with Gasteiger partial charge in [0.2, 0.25) is 0 Å². The topological polar surface area (TPSA) is 105 Å². The lowest BCUT2D eigenvalue weighted by Crippen LogP contribution is -2.36. The lowest BCUT2D eigenvalue weighted by atomic mass is 10.0. The van der Waals surface area contributed by atoms with Crippen molar-refractivity contribution >= 4 is 28.7 Å². The van der Waals surface area contributed by atoms with Gasteiger partial charge >= 0.3 is 0 Å². The Bertz CT molecular complexity index is 1660. The molecule has 0 bridgehead atoms. The fourth-order valence-corrected chi connectivity index (χ4v) is 5.26. The van der Waals surface area contributed by atoms with Crippen LogP contribution in [0.3, 0.4) is 0 Å². The van der Waals surface area contributed by atoms with Crippen molar-refractivity contribution in [3.05, 3.63) is 90.0 Å². The van der Waals surface area contributed by atoms with Gasteiger partial charge < -0.3 is 34.5 Å². The molecule has 4 aromatic carbocycles. The highest BCUT2D eigenvalue weighted by Crippen LogP contribution is 2.37. The number of carbonyl (C=O) groups excluding carboxylic acids is 1.